The van der Waals surface area contributed by atoms with Gasteiger partial charge in [0.05, 0.1) is 23.9 Å². The Labute approximate surface area is 197 Å². The zero-order valence-corrected chi connectivity index (χ0v) is 20.0. The maximum atomic E-state index is 12.9. The van der Waals surface area contributed by atoms with Gasteiger partial charge >= 0.3 is 0 Å². The number of hydrogen-bond donors (Lipinski definition) is 1. The number of carbonyl (C=O) groups excluding carboxylic acids is 1. The summed E-state index contributed by atoms with van der Waals surface area (Å²) in [4.78, 5) is 16.9. The molecule has 1 aliphatic heterocycles. The molecule has 1 aromatic heterocycles. The standard InChI is InChI=1S/C23H27N3O5S2/c1-17(7-8-18-5-3-2-4-6-18)24-22(27)16-32-23-25-20-15-19(9-10-21(20)31-23)33(28,29)26-11-13-30-14-12-26/h2-6,9-10,15,17H,7-8,11-14,16H2,1H3,(H,24,27)/t17-/m0/s1. The van der Waals surface area contributed by atoms with Crippen LogP contribution in [0.3, 0.4) is 0 Å². The second-order valence-electron chi connectivity index (χ2n) is 7.91. The number of amides is 1. The Bertz CT molecular complexity index is 1190. The number of oxazole rings is 1. The Morgan fingerprint density at radius 1 is 1.18 bits per heavy atom. The molecule has 0 saturated carbocycles. The summed E-state index contributed by atoms with van der Waals surface area (Å²) in [6.07, 6.45) is 1.75. The molecule has 0 radical (unpaired) electrons. The van der Waals surface area contributed by atoms with Crippen LogP contribution in [0.4, 0.5) is 0 Å². The molecule has 8 nitrogen and oxygen atoms in total. The van der Waals surface area contributed by atoms with Crippen LogP contribution in [0.15, 0.2) is 63.1 Å². The number of fused-ring (bicyclic) bond motifs is 1. The second-order valence-corrected chi connectivity index (χ2v) is 10.8. The van der Waals surface area contributed by atoms with Gasteiger partial charge in [-0.25, -0.2) is 13.4 Å². The second kappa shape index (κ2) is 10.7. The maximum Gasteiger partial charge on any atom is 0.257 e. The van der Waals surface area contributed by atoms with E-state index >= 15 is 0 Å². The molecule has 1 atom stereocenters. The number of sulfonamides is 1. The van der Waals surface area contributed by atoms with Gasteiger partial charge in [-0.3, -0.25) is 4.79 Å². The van der Waals surface area contributed by atoms with Gasteiger partial charge in [-0.15, -0.1) is 0 Å². The number of rotatable bonds is 9. The first-order valence-electron chi connectivity index (χ1n) is 10.9. The van der Waals surface area contributed by atoms with Gasteiger partial charge in [-0.05, 0) is 43.5 Å². The average Bonchev–Trinajstić information content (AvgIpc) is 3.25. The fourth-order valence-corrected chi connectivity index (χ4v) is 5.67. The number of aromatic nitrogens is 1. The van der Waals surface area contributed by atoms with Gasteiger partial charge in [0.1, 0.15) is 5.52 Å². The van der Waals surface area contributed by atoms with Crippen LogP contribution in [0.5, 0.6) is 0 Å². The summed E-state index contributed by atoms with van der Waals surface area (Å²) in [6.45, 7) is 3.43. The summed E-state index contributed by atoms with van der Waals surface area (Å²) >= 11 is 1.19. The van der Waals surface area contributed by atoms with Gasteiger partial charge in [-0.2, -0.15) is 4.31 Å². The van der Waals surface area contributed by atoms with Crippen LogP contribution in [-0.4, -0.2) is 61.7 Å². The van der Waals surface area contributed by atoms with E-state index in [0.29, 0.717) is 42.6 Å². The van der Waals surface area contributed by atoms with Crippen molar-refractivity contribution in [3.63, 3.8) is 0 Å². The smallest absolute Gasteiger partial charge is 0.257 e. The van der Waals surface area contributed by atoms with Crippen LogP contribution in [0, 0.1) is 0 Å². The lowest BCUT2D eigenvalue weighted by Gasteiger charge is -2.25. The Morgan fingerprint density at radius 3 is 2.70 bits per heavy atom. The number of aryl methyl sites for hydroxylation is 1. The first-order valence-corrected chi connectivity index (χ1v) is 13.3. The molecule has 0 bridgehead atoms. The van der Waals surface area contributed by atoms with Crippen LogP contribution >= 0.6 is 11.8 Å². The summed E-state index contributed by atoms with van der Waals surface area (Å²) in [5, 5.41) is 3.33. The van der Waals surface area contributed by atoms with Crippen molar-refractivity contribution in [3.05, 3.63) is 54.1 Å². The van der Waals surface area contributed by atoms with Gasteiger partial charge < -0.3 is 14.5 Å². The first kappa shape index (κ1) is 23.7. The van der Waals surface area contributed by atoms with E-state index < -0.39 is 10.0 Å². The van der Waals surface area contributed by atoms with Crippen molar-refractivity contribution in [1.29, 1.82) is 0 Å². The van der Waals surface area contributed by atoms with Crippen molar-refractivity contribution < 1.29 is 22.4 Å². The number of benzene rings is 2. The Morgan fingerprint density at radius 2 is 1.94 bits per heavy atom. The molecule has 10 heteroatoms. The normalized spacial score (nSPS) is 16.0. The van der Waals surface area contributed by atoms with Crippen LogP contribution in [0.25, 0.3) is 11.1 Å². The lowest BCUT2D eigenvalue weighted by atomic mass is 10.1. The molecule has 3 aromatic rings. The predicted molar refractivity (Wildman–Crippen MR) is 127 cm³/mol. The van der Waals surface area contributed by atoms with E-state index in [4.69, 9.17) is 9.15 Å². The van der Waals surface area contributed by atoms with Crippen LogP contribution in [-0.2, 0) is 26.0 Å². The lowest BCUT2D eigenvalue weighted by molar-refractivity contribution is -0.119. The van der Waals surface area contributed by atoms with Gasteiger partial charge in [0.25, 0.3) is 5.22 Å². The van der Waals surface area contributed by atoms with Gasteiger partial charge in [0.15, 0.2) is 5.58 Å². The molecule has 2 aromatic carbocycles. The van der Waals surface area contributed by atoms with Crippen LogP contribution in [0.2, 0.25) is 0 Å². The average molecular weight is 490 g/mol. The minimum Gasteiger partial charge on any atom is -0.431 e. The molecule has 4 rings (SSSR count). The molecule has 176 valence electrons. The molecule has 0 aliphatic carbocycles. The molecule has 1 aliphatic rings. The van der Waals surface area contributed by atoms with Crippen molar-refractivity contribution in [1.82, 2.24) is 14.6 Å². The van der Waals surface area contributed by atoms with Crippen LogP contribution in [0.1, 0.15) is 18.9 Å². The molecular weight excluding hydrogens is 462 g/mol. The molecule has 1 saturated heterocycles. The third-order valence-electron chi connectivity index (χ3n) is 5.39. The van der Waals surface area contributed by atoms with E-state index in [9.17, 15) is 13.2 Å². The van der Waals surface area contributed by atoms with E-state index in [2.05, 4.69) is 22.4 Å². The first-order chi connectivity index (χ1) is 15.9. The molecule has 0 unspecified atom stereocenters. The number of thioether (sulfide) groups is 1. The highest BCUT2D eigenvalue weighted by atomic mass is 32.2. The maximum absolute atomic E-state index is 12.9. The fourth-order valence-electron chi connectivity index (χ4n) is 3.59. The lowest BCUT2D eigenvalue weighted by Crippen LogP contribution is -2.40. The van der Waals surface area contributed by atoms with Crippen molar-refractivity contribution in [2.75, 3.05) is 32.1 Å². The summed E-state index contributed by atoms with van der Waals surface area (Å²) in [5.41, 5.74) is 2.17. The third-order valence-corrected chi connectivity index (χ3v) is 8.11. The minimum absolute atomic E-state index is 0.0508. The molecule has 1 fully saturated rings. The van der Waals surface area contributed by atoms with E-state index in [1.165, 1.54) is 33.8 Å². The monoisotopic (exact) mass is 489 g/mol. The van der Waals surface area contributed by atoms with Crippen molar-refractivity contribution in [2.45, 2.75) is 35.9 Å². The molecule has 1 N–H and O–H groups in total. The minimum atomic E-state index is -3.61. The van der Waals surface area contributed by atoms with Gasteiger partial charge in [-0.1, -0.05) is 42.1 Å². The summed E-state index contributed by atoms with van der Waals surface area (Å²) < 4.78 is 38.0. The quantitative estimate of drug-likeness (QED) is 0.461. The number of hydrogen-bond acceptors (Lipinski definition) is 7. The van der Waals surface area contributed by atoms with Crippen molar-refractivity contribution in [2.24, 2.45) is 0 Å². The van der Waals surface area contributed by atoms with Crippen LogP contribution < -0.4 is 5.32 Å². The zero-order valence-electron chi connectivity index (χ0n) is 18.4. The highest BCUT2D eigenvalue weighted by Crippen LogP contribution is 2.27. The number of carbonyl (C=O) groups is 1. The highest BCUT2D eigenvalue weighted by molar-refractivity contribution is 7.99. The molecule has 0 spiro atoms. The molecule has 33 heavy (non-hydrogen) atoms. The zero-order chi connectivity index (χ0) is 23.3. The third kappa shape index (κ3) is 6.14. The van der Waals surface area contributed by atoms with Gasteiger partial charge in [0, 0.05) is 19.1 Å². The molecular formula is C23H27N3O5S2. The Kier molecular flexibility index (Phi) is 7.69. The van der Waals surface area contributed by atoms with Crippen molar-refractivity contribution >= 4 is 38.8 Å². The summed E-state index contributed by atoms with van der Waals surface area (Å²) in [7, 11) is -3.61. The van der Waals surface area contributed by atoms with E-state index in [-0.39, 0.29) is 22.6 Å². The Hall–Kier alpha value is -2.40. The van der Waals surface area contributed by atoms with E-state index in [1.807, 2.05) is 25.1 Å². The topological polar surface area (TPSA) is 102 Å². The van der Waals surface area contributed by atoms with Crippen molar-refractivity contribution in [3.8, 4) is 0 Å². The highest BCUT2D eigenvalue weighted by Gasteiger charge is 2.27. The molecule has 2 heterocycles. The fraction of sp³-hybridized carbons (Fsp3) is 0.391. The number of ether oxygens (including phenoxy) is 1. The molecule has 1 amide bonds. The predicted octanol–water partition coefficient (Wildman–Crippen LogP) is 3.08. The summed E-state index contributed by atoms with van der Waals surface area (Å²) in [5.74, 6) is 0.0694. The Balaban J connectivity index is 1.32. The number of nitrogens with one attached hydrogen (secondary N) is 1. The number of nitrogens with zero attached hydrogens (tertiary/aromatic N) is 2. The summed E-state index contributed by atoms with van der Waals surface area (Å²) in [6, 6.07) is 14.9. The van der Waals surface area contributed by atoms with E-state index in [1.54, 1.807) is 6.07 Å². The number of morpholine rings is 1. The van der Waals surface area contributed by atoms with E-state index in [0.717, 1.165) is 12.8 Å². The SMILES string of the molecule is C[C@@H](CCc1ccccc1)NC(=O)CSc1nc2cc(S(=O)(=O)N3CCOCC3)ccc2o1. The van der Waals surface area contributed by atoms with Gasteiger partial charge in [0.2, 0.25) is 15.9 Å². The largest absolute Gasteiger partial charge is 0.431 e.